The van der Waals surface area contributed by atoms with E-state index in [9.17, 15) is 0 Å². The molecule has 4 heteroatoms. The van der Waals surface area contributed by atoms with Crippen LogP contribution in [0.4, 0.5) is 0 Å². The number of aromatic nitrogens is 2. The third kappa shape index (κ3) is 9.59. The van der Waals surface area contributed by atoms with Gasteiger partial charge in [0, 0.05) is 43.7 Å². The van der Waals surface area contributed by atoms with E-state index in [2.05, 4.69) is 307 Å². The summed E-state index contributed by atoms with van der Waals surface area (Å²) in [4.78, 5) is 0. The smallest absolute Gasteiger partial charge is 0.135 e. The first-order valence-electron chi connectivity index (χ1n) is 27.8. The van der Waals surface area contributed by atoms with Gasteiger partial charge in [0.1, 0.15) is 11.2 Å². The molecule has 0 N–H and O–H groups in total. The van der Waals surface area contributed by atoms with E-state index in [1.54, 1.807) is 12.3 Å². The second-order valence-corrected chi connectivity index (χ2v) is 20.4. The van der Waals surface area contributed by atoms with Crippen molar-refractivity contribution in [2.75, 3.05) is 6.26 Å². The molecule has 82 heavy (non-hydrogen) atoms. The highest BCUT2D eigenvalue weighted by molar-refractivity contribution is 7.79. The van der Waals surface area contributed by atoms with Crippen LogP contribution in [0.25, 0.3) is 144 Å². The van der Waals surface area contributed by atoms with Crippen LogP contribution < -0.4 is 0 Å². The van der Waals surface area contributed by atoms with Gasteiger partial charge in [-0.25, -0.2) is 0 Å². The maximum absolute atomic E-state index is 6.60. The minimum Gasteiger partial charge on any atom is -0.456 e. The lowest BCUT2D eigenvalue weighted by Crippen LogP contribution is -1.94. The number of furan rings is 1. The maximum atomic E-state index is 6.60. The van der Waals surface area contributed by atoms with E-state index >= 15 is 0 Å². The van der Waals surface area contributed by atoms with E-state index < -0.39 is 0 Å². The summed E-state index contributed by atoms with van der Waals surface area (Å²) in [5, 5.41) is 7.03. The molecule has 12 aromatic carbocycles. The average molecular weight is 1070 g/mol. The number of fused-ring (bicyclic) bond motifs is 9. The Bertz CT molecular complexity index is 4560. The van der Waals surface area contributed by atoms with Gasteiger partial charge in [-0.1, -0.05) is 207 Å². The molecule has 0 saturated heterocycles. The standard InChI is InChI=1S/C72H46N2O.C5H8.CH4S/c1-3-15-47(16-4-1)49-19-11-21-51(39-49)53-23-13-25-55(41-53)57-31-35-69-63(43-57)61-27-7-9-29-67(61)73(69)59-33-37-71-65(45-59)66-46-60(34-38-72(66)75-71)74-68-30-10-8-28-62(68)64-44-58(32-36-70(64)74)56-26-14-24-54(42-56)52-22-12-20-50(40-52)48-17-5-2-6-18-48;1-3-5-4-2;1-2/h1-46H;3-5H,1H2,2H3;2H,1H3/b;5-4-;. The Labute approximate surface area is 484 Å². The molecule has 0 unspecified atom stereocenters. The topological polar surface area (TPSA) is 23.0 Å². The minimum absolute atomic E-state index is 0.865. The van der Waals surface area contributed by atoms with E-state index in [-0.39, 0.29) is 0 Å². The van der Waals surface area contributed by atoms with Gasteiger partial charge >= 0.3 is 0 Å². The Morgan fingerprint density at radius 3 is 0.963 bits per heavy atom. The number of nitrogens with zero attached hydrogens (tertiary/aromatic N) is 2. The molecule has 15 aromatic rings. The molecular weight excluding hydrogens is 1010 g/mol. The van der Waals surface area contributed by atoms with Crippen LogP contribution in [0.15, 0.2) is 308 Å². The second-order valence-electron chi connectivity index (χ2n) is 20.4. The summed E-state index contributed by atoms with van der Waals surface area (Å²) in [6.45, 7) is 5.42. The lowest BCUT2D eigenvalue weighted by Gasteiger charge is -2.11. The Morgan fingerprint density at radius 1 is 0.293 bits per heavy atom. The molecule has 0 amide bonds. The number of hydrogen-bond donors (Lipinski definition) is 1. The van der Waals surface area contributed by atoms with Gasteiger partial charge in [0.2, 0.25) is 0 Å². The number of rotatable bonds is 9. The summed E-state index contributed by atoms with van der Waals surface area (Å²) >= 11 is 3.53. The molecule has 3 nitrogen and oxygen atoms in total. The van der Waals surface area contributed by atoms with Gasteiger partial charge in [-0.2, -0.15) is 12.6 Å². The summed E-state index contributed by atoms with van der Waals surface area (Å²) in [6, 6.07) is 101. The van der Waals surface area contributed by atoms with E-state index in [1.807, 2.05) is 19.1 Å². The molecule has 0 aliphatic rings. The Hall–Kier alpha value is -10.1. The van der Waals surface area contributed by atoms with Crippen LogP contribution in [-0.4, -0.2) is 15.4 Å². The van der Waals surface area contributed by atoms with Crippen molar-refractivity contribution in [2.45, 2.75) is 6.92 Å². The summed E-state index contributed by atoms with van der Waals surface area (Å²) < 4.78 is 11.4. The zero-order valence-corrected chi connectivity index (χ0v) is 46.6. The SMILES string of the molecule is C=C/C=C\C.CS.c1ccc(-c2cccc(-c3cccc(-c4ccc5c(c4)c4ccccc4n5-c4ccc5oc6ccc(-n7c8ccccc8c8cc(-c9cccc(-c%10cccc(-c%11ccccc%11)c%10)c9)ccc87)cc6c5c4)c3)c2)cc1. The quantitative estimate of drug-likeness (QED) is 0.113. The first-order valence-corrected chi connectivity index (χ1v) is 28.7. The molecule has 0 atom stereocenters. The number of benzene rings is 12. The fraction of sp³-hybridized carbons (Fsp3) is 0.0256. The van der Waals surface area contributed by atoms with Gasteiger partial charge in [0.15, 0.2) is 0 Å². The van der Waals surface area contributed by atoms with E-state index in [1.165, 1.54) is 88.3 Å². The number of hydrogen-bond acceptors (Lipinski definition) is 2. The fourth-order valence-corrected chi connectivity index (χ4v) is 11.8. The molecule has 0 fully saturated rings. The highest BCUT2D eigenvalue weighted by atomic mass is 32.1. The van der Waals surface area contributed by atoms with Crippen molar-refractivity contribution in [1.82, 2.24) is 9.13 Å². The van der Waals surface area contributed by atoms with Crippen LogP contribution in [0.3, 0.4) is 0 Å². The van der Waals surface area contributed by atoms with Crippen molar-refractivity contribution in [2.24, 2.45) is 0 Å². The van der Waals surface area contributed by atoms with Crippen LogP contribution in [-0.2, 0) is 0 Å². The first-order chi connectivity index (χ1) is 40.6. The monoisotopic (exact) mass is 1070 g/mol. The number of thiol groups is 1. The van der Waals surface area contributed by atoms with Gasteiger partial charge < -0.3 is 13.6 Å². The van der Waals surface area contributed by atoms with Crippen LogP contribution in [0.2, 0.25) is 0 Å². The van der Waals surface area contributed by atoms with E-state index in [0.29, 0.717) is 0 Å². The van der Waals surface area contributed by atoms with Gasteiger partial charge in [0.25, 0.3) is 0 Å². The molecule has 15 rings (SSSR count). The molecule has 0 aliphatic heterocycles. The van der Waals surface area contributed by atoms with E-state index in [0.717, 1.165) is 55.4 Å². The molecule has 0 radical (unpaired) electrons. The van der Waals surface area contributed by atoms with Crippen molar-refractivity contribution in [1.29, 1.82) is 0 Å². The predicted octanol–water partition coefficient (Wildman–Crippen LogP) is 22.1. The normalized spacial score (nSPS) is 11.4. The van der Waals surface area contributed by atoms with Gasteiger partial charge in [-0.15, -0.1) is 0 Å². The van der Waals surface area contributed by atoms with Crippen molar-refractivity contribution >= 4 is 78.2 Å². The summed E-state index contributed by atoms with van der Waals surface area (Å²) in [5.41, 5.74) is 23.0. The van der Waals surface area contributed by atoms with Crippen LogP contribution in [0.1, 0.15) is 6.92 Å². The molecule has 0 aliphatic carbocycles. The van der Waals surface area contributed by atoms with Gasteiger partial charge in [-0.05, 0) is 177 Å². The van der Waals surface area contributed by atoms with Crippen LogP contribution in [0.5, 0.6) is 0 Å². The molecular formula is C78H58N2OS. The number of allylic oxidation sites excluding steroid dienone is 3. The van der Waals surface area contributed by atoms with Crippen molar-refractivity contribution < 1.29 is 4.42 Å². The van der Waals surface area contributed by atoms with Crippen LogP contribution >= 0.6 is 12.6 Å². The summed E-state index contributed by atoms with van der Waals surface area (Å²) in [5.74, 6) is 0. The third-order valence-corrected chi connectivity index (χ3v) is 15.6. The molecule has 3 aromatic heterocycles. The van der Waals surface area contributed by atoms with Crippen LogP contribution in [0, 0.1) is 0 Å². The first kappa shape index (κ1) is 51.3. The molecule has 0 spiro atoms. The Kier molecular flexibility index (Phi) is 14.1. The van der Waals surface area contributed by atoms with Crippen molar-refractivity contribution in [3.8, 4) is 78.1 Å². The predicted molar refractivity (Wildman–Crippen MR) is 355 cm³/mol. The average Bonchev–Trinajstić information content (AvgIpc) is 4.32. The lowest BCUT2D eigenvalue weighted by atomic mass is 9.96. The lowest BCUT2D eigenvalue weighted by molar-refractivity contribution is 0.669. The van der Waals surface area contributed by atoms with E-state index in [4.69, 9.17) is 4.42 Å². The summed E-state index contributed by atoms with van der Waals surface area (Å²) in [7, 11) is 0. The Morgan fingerprint density at radius 2 is 0.610 bits per heavy atom. The highest BCUT2D eigenvalue weighted by Gasteiger charge is 2.19. The molecule has 0 saturated carbocycles. The maximum Gasteiger partial charge on any atom is 0.135 e. The Balaban J connectivity index is 0.000000858. The second kappa shape index (κ2) is 22.5. The zero-order chi connectivity index (χ0) is 55.5. The van der Waals surface area contributed by atoms with Crippen molar-refractivity contribution in [3.05, 3.63) is 304 Å². The largest absolute Gasteiger partial charge is 0.456 e. The van der Waals surface area contributed by atoms with Crippen molar-refractivity contribution in [3.63, 3.8) is 0 Å². The third-order valence-electron chi connectivity index (χ3n) is 15.6. The summed E-state index contributed by atoms with van der Waals surface area (Å²) in [6.07, 6.45) is 7.27. The highest BCUT2D eigenvalue weighted by Crippen LogP contribution is 2.41. The zero-order valence-electron chi connectivity index (χ0n) is 45.7. The fourth-order valence-electron chi connectivity index (χ4n) is 11.8. The van der Waals surface area contributed by atoms with Gasteiger partial charge in [0.05, 0.1) is 22.1 Å². The number of para-hydroxylation sites is 2. The molecule has 0 bridgehead atoms. The molecule has 3 heterocycles. The minimum atomic E-state index is 0.865. The molecule has 392 valence electrons. The van der Waals surface area contributed by atoms with Gasteiger partial charge in [-0.3, -0.25) is 0 Å².